The lowest BCUT2D eigenvalue weighted by Crippen LogP contribution is -2.47. The molecule has 1 spiro atoms. The number of methoxy groups -OCH3 is 1. The van der Waals surface area contributed by atoms with Crippen LogP contribution in [0.15, 0.2) is 18.3 Å². The Morgan fingerprint density at radius 2 is 2.23 bits per heavy atom. The van der Waals surface area contributed by atoms with Crippen LogP contribution in [0.2, 0.25) is 0 Å². The third kappa shape index (κ3) is 2.70. The van der Waals surface area contributed by atoms with Gasteiger partial charge < -0.3 is 20.1 Å². The van der Waals surface area contributed by atoms with Crippen LogP contribution in [0.25, 0.3) is 0 Å². The molecule has 2 fully saturated rings. The summed E-state index contributed by atoms with van der Waals surface area (Å²) in [6, 6.07) is 3.75. The highest BCUT2D eigenvalue weighted by atomic mass is 16.5. The Bertz CT molecular complexity index is 581. The monoisotopic (exact) mass is 305 g/mol. The minimum atomic E-state index is -0.826. The van der Waals surface area contributed by atoms with Crippen LogP contribution in [0.3, 0.4) is 0 Å². The van der Waals surface area contributed by atoms with Crippen molar-refractivity contribution in [3.8, 4) is 0 Å². The Labute approximate surface area is 128 Å². The average Bonchev–Trinajstić information content (AvgIpc) is 2.92. The number of nitrogens with zero attached hydrogens (tertiary/aromatic N) is 2. The molecule has 0 radical (unpaired) electrons. The molecule has 118 valence electrons. The fourth-order valence-electron chi connectivity index (χ4n) is 3.45. The fourth-order valence-corrected chi connectivity index (χ4v) is 3.45. The quantitative estimate of drug-likeness (QED) is 0.828. The van der Waals surface area contributed by atoms with Crippen LogP contribution in [0, 0.1) is 5.41 Å². The summed E-state index contributed by atoms with van der Waals surface area (Å²) in [5.74, 6) is 0.321. The van der Waals surface area contributed by atoms with E-state index in [-0.39, 0.29) is 5.41 Å². The van der Waals surface area contributed by atoms with Crippen LogP contribution in [0.1, 0.15) is 29.6 Å². The highest BCUT2D eigenvalue weighted by molar-refractivity contribution is 5.89. The molecule has 1 saturated carbocycles. The zero-order chi connectivity index (χ0) is 15.7. The summed E-state index contributed by atoms with van der Waals surface area (Å²) in [7, 11) is 1.34. The van der Waals surface area contributed by atoms with E-state index in [0.29, 0.717) is 24.7 Å². The van der Waals surface area contributed by atoms with Crippen molar-refractivity contribution in [3.05, 3.63) is 23.9 Å². The summed E-state index contributed by atoms with van der Waals surface area (Å²) in [4.78, 5) is 28.0. The van der Waals surface area contributed by atoms with E-state index < -0.39 is 12.1 Å². The molecule has 7 nitrogen and oxygen atoms in total. The highest BCUT2D eigenvalue weighted by Gasteiger charge is 2.49. The predicted octanol–water partition coefficient (Wildman–Crippen LogP) is 1.81. The lowest BCUT2D eigenvalue weighted by molar-refractivity contribution is 0.0600. The molecule has 2 heterocycles. The Kier molecular flexibility index (Phi) is 3.64. The van der Waals surface area contributed by atoms with Gasteiger partial charge in [0.1, 0.15) is 5.82 Å². The minimum absolute atomic E-state index is 0.141. The van der Waals surface area contributed by atoms with Gasteiger partial charge in [0.05, 0.1) is 12.7 Å². The first kappa shape index (κ1) is 14.6. The molecular formula is C15H19N3O4. The molecule has 7 heteroatoms. The molecule has 0 bridgehead atoms. The largest absolute Gasteiger partial charge is 0.465 e. The number of ether oxygens (including phenoxy) is 1. The van der Waals surface area contributed by atoms with Crippen molar-refractivity contribution in [2.75, 3.05) is 25.5 Å². The van der Waals surface area contributed by atoms with Crippen molar-refractivity contribution in [2.24, 2.45) is 5.41 Å². The third-order valence-corrected chi connectivity index (χ3v) is 4.60. The van der Waals surface area contributed by atoms with Crippen LogP contribution < -0.4 is 5.32 Å². The van der Waals surface area contributed by atoms with E-state index in [2.05, 4.69) is 15.0 Å². The summed E-state index contributed by atoms with van der Waals surface area (Å²) < 4.78 is 4.63. The molecule has 1 amide bonds. The zero-order valence-electron chi connectivity index (χ0n) is 12.4. The predicted molar refractivity (Wildman–Crippen MR) is 78.9 cm³/mol. The van der Waals surface area contributed by atoms with E-state index in [1.165, 1.54) is 18.2 Å². The third-order valence-electron chi connectivity index (χ3n) is 4.60. The summed E-state index contributed by atoms with van der Waals surface area (Å²) >= 11 is 0. The first-order valence-corrected chi connectivity index (χ1v) is 7.30. The second-order valence-electron chi connectivity index (χ2n) is 6.13. The number of esters is 1. The van der Waals surface area contributed by atoms with Gasteiger partial charge in [0.2, 0.25) is 0 Å². The van der Waals surface area contributed by atoms with E-state index in [1.807, 2.05) is 0 Å². The van der Waals surface area contributed by atoms with Gasteiger partial charge in [0.25, 0.3) is 0 Å². The van der Waals surface area contributed by atoms with E-state index in [1.54, 1.807) is 12.1 Å². The molecule has 1 aliphatic heterocycles. The number of amides is 1. The molecule has 1 aromatic rings. The van der Waals surface area contributed by atoms with Gasteiger partial charge in [0.15, 0.2) is 0 Å². The molecule has 22 heavy (non-hydrogen) atoms. The van der Waals surface area contributed by atoms with Crippen LogP contribution >= 0.6 is 0 Å². The zero-order valence-corrected chi connectivity index (χ0v) is 12.4. The van der Waals surface area contributed by atoms with E-state index in [4.69, 9.17) is 5.11 Å². The number of hydrogen-bond acceptors (Lipinski definition) is 5. The van der Waals surface area contributed by atoms with Gasteiger partial charge >= 0.3 is 12.1 Å². The number of carbonyl (C=O) groups is 2. The van der Waals surface area contributed by atoms with Crippen molar-refractivity contribution in [2.45, 2.75) is 25.3 Å². The summed E-state index contributed by atoms with van der Waals surface area (Å²) in [6.45, 7) is 1.27. The van der Waals surface area contributed by atoms with Crippen LogP contribution in [0.4, 0.5) is 10.6 Å². The van der Waals surface area contributed by atoms with E-state index >= 15 is 0 Å². The molecule has 2 aliphatic rings. The van der Waals surface area contributed by atoms with E-state index in [0.717, 1.165) is 25.1 Å². The van der Waals surface area contributed by atoms with Gasteiger partial charge in [0, 0.05) is 25.3 Å². The standard InChI is InChI=1S/C15H19N3O4/c1-22-13(19)10-2-3-12(16-8-10)17-11-6-15(7-11)4-5-18(9-15)14(20)21/h2-3,8,11H,4-7,9H2,1H3,(H,16,17)(H,20,21). The molecule has 1 saturated heterocycles. The van der Waals surface area contributed by atoms with Gasteiger partial charge in [-0.25, -0.2) is 14.6 Å². The maximum atomic E-state index is 11.3. The molecule has 2 N–H and O–H groups in total. The molecule has 0 atom stereocenters. The molecular weight excluding hydrogens is 286 g/mol. The lowest BCUT2D eigenvalue weighted by atomic mass is 9.65. The Morgan fingerprint density at radius 3 is 2.77 bits per heavy atom. The average molecular weight is 305 g/mol. The van der Waals surface area contributed by atoms with Crippen molar-refractivity contribution < 1.29 is 19.4 Å². The Balaban J connectivity index is 1.52. The number of anilines is 1. The van der Waals surface area contributed by atoms with Crippen molar-refractivity contribution in [1.82, 2.24) is 9.88 Å². The van der Waals surface area contributed by atoms with Crippen LogP contribution in [-0.4, -0.2) is 53.3 Å². The number of hydrogen-bond donors (Lipinski definition) is 2. The SMILES string of the molecule is COC(=O)c1ccc(NC2CC3(CCN(C(=O)O)C3)C2)nc1. The van der Waals surface area contributed by atoms with Gasteiger partial charge in [-0.1, -0.05) is 0 Å². The van der Waals surface area contributed by atoms with E-state index in [9.17, 15) is 9.59 Å². The highest BCUT2D eigenvalue weighted by Crippen LogP contribution is 2.49. The normalized spacial score (nSPS) is 26.6. The lowest BCUT2D eigenvalue weighted by Gasteiger charge is -2.45. The maximum absolute atomic E-state index is 11.3. The molecule has 1 aliphatic carbocycles. The summed E-state index contributed by atoms with van der Waals surface area (Å²) in [6.07, 6.45) is 3.51. The Morgan fingerprint density at radius 1 is 1.45 bits per heavy atom. The first-order valence-electron chi connectivity index (χ1n) is 7.30. The smallest absolute Gasteiger partial charge is 0.407 e. The van der Waals surface area contributed by atoms with Crippen molar-refractivity contribution >= 4 is 17.9 Å². The summed E-state index contributed by atoms with van der Waals surface area (Å²) in [5.41, 5.74) is 0.563. The fraction of sp³-hybridized carbons (Fsp3) is 0.533. The number of pyridine rings is 1. The molecule has 0 unspecified atom stereocenters. The number of likely N-dealkylation sites (tertiary alicyclic amines) is 1. The van der Waals surface area contributed by atoms with Crippen molar-refractivity contribution in [1.29, 1.82) is 0 Å². The minimum Gasteiger partial charge on any atom is -0.465 e. The second kappa shape index (κ2) is 5.47. The number of rotatable bonds is 3. The second-order valence-corrected chi connectivity index (χ2v) is 6.13. The molecule has 0 aromatic carbocycles. The molecule has 1 aromatic heterocycles. The maximum Gasteiger partial charge on any atom is 0.407 e. The topological polar surface area (TPSA) is 91.8 Å². The van der Waals surface area contributed by atoms with Gasteiger partial charge in [-0.3, -0.25) is 0 Å². The van der Waals surface area contributed by atoms with Crippen LogP contribution in [-0.2, 0) is 4.74 Å². The van der Waals surface area contributed by atoms with Crippen LogP contribution in [0.5, 0.6) is 0 Å². The molecule has 3 rings (SSSR count). The number of carboxylic acid groups (broad SMARTS) is 1. The van der Waals surface area contributed by atoms with Gasteiger partial charge in [-0.15, -0.1) is 0 Å². The van der Waals surface area contributed by atoms with Gasteiger partial charge in [-0.05, 0) is 36.8 Å². The summed E-state index contributed by atoms with van der Waals surface area (Å²) in [5, 5.41) is 12.3. The number of aromatic nitrogens is 1. The first-order chi connectivity index (χ1) is 10.5. The van der Waals surface area contributed by atoms with Gasteiger partial charge in [-0.2, -0.15) is 0 Å². The number of nitrogens with one attached hydrogen (secondary N) is 1. The van der Waals surface area contributed by atoms with Crippen molar-refractivity contribution in [3.63, 3.8) is 0 Å². The Hall–Kier alpha value is -2.31. The number of carbonyl (C=O) groups excluding carboxylic acids is 1.